The van der Waals surface area contributed by atoms with E-state index in [4.69, 9.17) is 15.4 Å². The molecule has 334 valence electrons. The van der Waals surface area contributed by atoms with Crippen LogP contribution in [0, 0.1) is 17.9 Å². The second-order valence-corrected chi connectivity index (χ2v) is 21.7. The monoisotopic (exact) mass is 908 g/mol. The first-order valence-electron chi connectivity index (χ1n) is 24.6. The first-order chi connectivity index (χ1) is 34.4. The van der Waals surface area contributed by atoms with E-state index in [9.17, 15) is 5.26 Å². The molecule has 12 aromatic rings. The predicted molar refractivity (Wildman–Crippen MR) is 291 cm³/mol. The molecule has 0 atom stereocenters. The van der Waals surface area contributed by atoms with Gasteiger partial charge in [0.15, 0.2) is 5.58 Å². The van der Waals surface area contributed by atoms with Crippen molar-refractivity contribution in [2.45, 2.75) is 57.8 Å². The van der Waals surface area contributed by atoms with Crippen LogP contribution in [0.25, 0.3) is 126 Å². The van der Waals surface area contributed by atoms with Crippen molar-refractivity contribution in [2.75, 3.05) is 0 Å². The van der Waals surface area contributed by atoms with Crippen LogP contribution >= 0.6 is 0 Å². The molecule has 3 aliphatic carbocycles. The largest absolute Gasteiger partial charge is 0.467 e. The first kappa shape index (κ1) is 40.2. The Morgan fingerprint density at radius 2 is 0.775 bits per heavy atom. The standard InChI is InChI=1S/C67H44N2O2/c1-65(2)52-32-50-54(66(3,4)56-28-44(38-16-8-10-20-42(38)61(50)56)35-24-37(34-68)63-48(25-35)40-18-12-14-22-59(40)70-63)30-46(52)47-31-55-51(33-53(47)65)62-43-21-11-9-17-39(43)45(29-57(62)67(55,5)6)36-26-49-41-19-13-15-23-60(41)71-64(49)58(27-36)69-7/h8-33H,1-6H3. The quantitative estimate of drug-likeness (QED) is 0.162. The highest BCUT2D eigenvalue weighted by Gasteiger charge is 2.45. The van der Waals surface area contributed by atoms with Gasteiger partial charge in [-0.3, -0.25) is 0 Å². The van der Waals surface area contributed by atoms with E-state index in [-0.39, 0.29) is 16.2 Å². The van der Waals surface area contributed by atoms with Crippen molar-refractivity contribution in [3.63, 3.8) is 0 Å². The number of nitriles is 1. The molecule has 71 heavy (non-hydrogen) atoms. The van der Waals surface area contributed by atoms with Gasteiger partial charge in [0, 0.05) is 37.8 Å². The van der Waals surface area contributed by atoms with Gasteiger partial charge in [-0.1, -0.05) is 126 Å². The zero-order valence-electron chi connectivity index (χ0n) is 40.2. The lowest BCUT2D eigenvalue weighted by atomic mass is 9.78. The molecule has 2 heterocycles. The van der Waals surface area contributed by atoms with E-state index in [0.29, 0.717) is 22.4 Å². The number of hydrogen-bond donors (Lipinski definition) is 0. The Labute approximate surface area is 410 Å². The molecule has 0 spiro atoms. The number of para-hydroxylation sites is 2. The smallest absolute Gasteiger partial charge is 0.230 e. The first-order valence-corrected chi connectivity index (χ1v) is 24.6. The molecule has 0 N–H and O–H groups in total. The van der Waals surface area contributed by atoms with Gasteiger partial charge in [-0.05, 0) is 183 Å². The van der Waals surface area contributed by atoms with Crippen LogP contribution in [-0.2, 0) is 16.2 Å². The van der Waals surface area contributed by atoms with Crippen molar-refractivity contribution < 1.29 is 8.83 Å². The summed E-state index contributed by atoms with van der Waals surface area (Å²) in [4.78, 5) is 4.00. The van der Waals surface area contributed by atoms with E-state index in [1.165, 1.54) is 88.3 Å². The lowest BCUT2D eigenvalue weighted by Crippen LogP contribution is -2.17. The molecule has 3 aliphatic rings. The van der Waals surface area contributed by atoms with Crippen molar-refractivity contribution in [1.82, 2.24) is 0 Å². The van der Waals surface area contributed by atoms with Crippen LogP contribution in [0.2, 0.25) is 0 Å². The zero-order chi connectivity index (χ0) is 48.0. The second-order valence-electron chi connectivity index (χ2n) is 21.7. The molecule has 4 heteroatoms. The zero-order valence-corrected chi connectivity index (χ0v) is 40.2. The third-order valence-corrected chi connectivity index (χ3v) is 17.1. The van der Waals surface area contributed by atoms with E-state index in [0.717, 1.165) is 55.0 Å². The summed E-state index contributed by atoms with van der Waals surface area (Å²) in [5, 5.41) is 19.2. The average molecular weight is 909 g/mol. The van der Waals surface area contributed by atoms with Gasteiger partial charge in [0.1, 0.15) is 22.8 Å². The van der Waals surface area contributed by atoms with Gasteiger partial charge in [-0.25, -0.2) is 4.85 Å². The van der Waals surface area contributed by atoms with Crippen LogP contribution < -0.4 is 0 Å². The number of furan rings is 2. The minimum absolute atomic E-state index is 0.268. The van der Waals surface area contributed by atoms with Crippen LogP contribution in [0.5, 0.6) is 0 Å². The van der Waals surface area contributed by atoms with E-state index in [1.807, 2.05) is 48.5 Å². The molecule has 2 aromatic heterocycles. The number of benzene rings is 10. The molecule has 0 saturated heterocycles. The van der Waals surface area contributed by atoms with Crippen molar-refractivity contribution in [2.24, 2.45) is 0 Å². The van der Waals surface area contributed by atoms with E-state index in [1.54, 1.807) is 0 Å². The maximum atomic E-state index is 10.5. The Morgan fingerprint density at radius 1 is 0.394 bits per heavy atom. The summed E-state index contributed by atoms with van der Waals surface area (Å²) < 4.78 is 12.5. The summed E-state index contributed by atoms with van der Waals surface area (Å²) >= 11 is 0. The predicted octanol–water partition coefficient (Wildman–Crippen LogP) is 18.5. The number of rotatable bonds is 2. The Kier molecular flexibility index (Phi) is 7.55. The summed E-state index contributed by atoms with van der Waals surface area (Å²) in [6.45, 7) is 22.6. The van der Waals surface area contributed by atoms with Crippen molar-refractivity contribution in [3.8, 4) is 61.7 Å². The fraction of sp³-hybridized carbons (Fsp3) is 0.134. The van der Waals surface area contributed by atoms with Crippen LogP contribution in [0.1, 0.15) is 80.5 Å². The normalized spacial score (nSPS) is 15.2. The SMILES string of the molecule is [C-]#[N+]c1cc(-c2cc3c(c4ccccc24)-c2cc4c(cc2C3(C)C)-c2cc3c(cc2C4(C)C)-c2c(cc(-c4cc(C#N)c5oc6ccccc6c5c4)c4ccccc24)C3(C)C)cc2c1oc1ccccc12. The van der Waals surface area contributed by atoms with E-state index >= 15 is 0 Å². The molecule has 0 aliphatic heterocycles. The number of nitrogens with zero attached hydrogens (tertiary/aromatic N) is 2. The molecule has 0 saturated carbocycles. The van der Waals surface area contributed by atoms with Gasteiger partial charge in [-0.2, -0.15) is 5.26 Å². The molecule has 0 bridgehead atoms. The Morgan fingerprint density at radius 3 is 1.27 bits per heavy atom. The summed E-state index contributed by atoms with van der Waals surface area (Å²) in [7, 11) is 0. The average Bonchev–Trinajstić information content (AvgIpc) is 4.13. The summed E-state index contributed by atoms with van der Waals surface area (Å²) in [6.07, 6.45) is 0. The minimum atomic E-state index is -0.309. The topological polar surface area (TPSA) is 54.4 Å². The van der Waals surface area contributed by atoms with Gasteiger partial charge in [-0.15, -0.1) is 0 Å². The fourth-order valence-corrected chi connectivity index (χ4v) is 13.5. The van der Waals surface area contributed by atoms with Gasteiger partial charge >= 0.3 is 0 Å². The van der Waals surface area contributed by atoms with Crippen molar-refractivity contribution in [3.05, 3.63) is 208 Å². The van der Waals surface area contributed by atoms with Crippen molar-refractivity contribution >= 4 is 71.1 Å². The van der Waals surface area contributed by atoms with Gasteiger partial charge < -0.3 is 8.83 Å². The van der Waals surface area contributed by atoms with Crippen LogP contribution in [0.4, 0.5) is 5.69 Å². The highest BCUT2D eigenvalue weighted by molar-refractivity contribution is 6.16. The fourth-order valence-electron chi connectivity index (χ4n) is 13.5. The molecule has 0 fully saturated rings. The molecular weight excluding hydrogens is 865 g/mol. The van der Waals surface area contributed by atoms with Gasteiger partial charge in [0.25, 0.3) is 0 Å². The van der Waals surface area contributed by atoms with E-state index < -0.39 is 0 Å². The minimum Gasteiger partial charge on any atom is -0.467 e. The molecule has 0 radical (unpaired) electrons. The summed E-state index contributed by atoms with van der Waals surface area (Å²) in [5.41, 5.74) is 23.2. The summed E-state index contributed by atoms with van der Waals surface area (Å²) in [6, 6.07) is 59.7. The molecule has 0 amide bonds. The van der Waals surface area contributed by atoms with E-state index in [2.05, 4.69) is 162 Å². The third kappa shape index (κ3) is 5.02. The van der Waals surface area contributed by atoms with Crippen molar-refractivity contribution in [1.29, 1.82) is 5.26 Å². The molecule has 15 rings (SSSR count). The Balaban J connectivity index is 0.901. The number of hydrogen-bond acceptors (Lipinski definition) is 3. The molecule has 10 aromatic carbocycles. The maximum absolute atomic E-state index is 10.5. The third-order valence-electron chi connectivity index (χ3n) is 17.1. The van der Waals surface area contributed by atoms with Crippen LogP contribution in [0.3, 0.4) is 0 Å². The molecule has 4 nitrogen and oxygen atoms in total. The highest BCUT2D eigenvalue weighted by Crippen LogP contribution is 2.62. The lowest BCUT2D eigenvalue weighted by molar-refractivity contribution is 0.649. The van der Waals surface area contributed by atoms with Crippen LogP contribution in [-0.4, -0.2) is 0 Å². The van der Waals surface area contributed by atoms with Gasteiger partial charge in [0.2, 0.25) is 5.69 Å². The number of fused-ring (bicyclic) bond motifs is 19. The lowest BCUT2D eigenvalue weighted by Gasteiger charge is -2.25. The Bertz CT molecular complexity index is 4280. The van der Waals surface area contributed by atoms with Crippen LogP contribution in [0.15, 0.2) is 167 Å². The molecule has 0 unspecified atom stereocenters. The maximum Gasteiger partial charge on any atom is 0.230 e. The van der Waals surface area contributed by atoms with Gasteiger partial charge in [0.05, 0.1) is 12.1 Å². The Hall–Kier alpha value is -8.70. The second kappa shape index (κ2) is 13.3. The molecular formula is C67H44N2O2. The summed E-state index contributed by atoms with van der Waals surface area (Å²) in [5.74, 6) is 0. The highest BCUT2D eigenvalue weighted by atomic mass is 16.3.